The van der Waals surface area contributed by atoms with E-state index >= 15 is 0 Å². The van der Waals surface area contributed by atoms with Gasteiger partial charge in [0.15, 0.2) is 0 Å². The Morgan fingerprint density at radius 2 is 1.50 bits per heavy atom. The normalized spacial score (nSPS) is 10.6. The molecule has 78 valence electrons. The van der Waals surface area contributed by atoms with Gasteiger partial charge >= 0.3 is 0 Å². The van der Waals surface area contributed by atoms with Crippen LogP contribution in [-0.2, 0) is 0 Å². The molecule has 14 heavy (non-hydrogen) atoms. The van der Waals surface area contributed by atoms with Gasteiger partial charge in [-0.2, -0.15) is 10.5 Å². The molecule has 0 aliphatic carbocycles. The molecule has 0 fully saturated rings. The molecule has 0 radical (unpaired) electrons. The maximum Gasteiger partial charge on any atom is 0.0668 e. The number of rotatable bonds is 7. The second kappa shape index (κ2) is 7.32. The third kappa shape index (κ3) is 5.53. The molecule has 0 aromatic heterocycles. The molecule has 0 atom stereocenters. The van der Waals surface area contributed by atoms with Gasteiger partial charge < -0.3 is 10.2 Å². The van der Waals surface area contributed by atoms with Crippen molar-refractivity contribution < 1.29 is 10.2 Å². The summed E-state index contributed by atoms with van der Waals surface area (Å²) in [5.41, 5.74) is -0.950. The highest BCUT2D eigenvalue weighted by Crippen LogP contribution is 2.24. The van der Waals surface area contributed by atoms with Crippen LogP contribution in [0.25, 0.3) is 0 Å². The van der Waals surface area contributed by atoms with Crippen molar-refractivity contribution in [3.05, 3.63) is 0 Å². The Kier molecular flexibility index (Phi) is 6.74. The number of aliphatic hydroxyl groups excluding tert-OH is 1. The molecule has 4 heteroatoms. The van der Waals surface area contributed by atoms with Crippen molar-refractivity contribution in [2.75, 3.05) is 6.61 Å². The minimum Gasteiger partial charge on any atom is -0.396 e. The lowest BCUT2D eigenvalue weighted by Crippen LogP contribution is -2.28. The van der Waals surface area contributed by atoms with E-state index in [9.17, 15) is 5.11 Å². The SMILES string of the molecule is N#CCCC(O)(CCC#N)CCCO. The molecule has 0 heterocycles. The lowest BCUT2D eigenvalue weighted by Gasteiger charge is -2.26. The van der Waals surface area contributed by atoms with E-state index in [1.54, 1.807) is 0 Å². The zero-order chi connectivity index (χ0) is 10.9. The van der Waals surface area contributed by atoms with Crippen LogP contribution in [-0.4, -0.2) is 22.4 Å². The lowest BCUT2D eigenvalue weighted by atomic mass is 9.88. The summed E-state index contributed by atoms with van der Waals surface area (Å²) in [6, 6.07) is 3.94. The van der Waals surface area contributed by atoms with Gasteiger partial charge in [-0.25, -0.2) is 0 Å². The van der Waals surface area contributed by atoms with E-state index in [4.69, 9.17) is 15.6 Å². The third-order valence-electron chi connectivity index (χ3n) is 2.20. The summed E-state index contributed by atoms with van der Waals surface area (Å²) in [7, 11) is 0. The van der Waals surface area contributed by atoms with Crippen molar-refractivity contribution in [1.29, 1.82) is 10.5 Å². The van der Waals surface area contributed by atoms with Crippen molar-refractivity contribution >= 4 is 0 Å². The molecule has 0 spiro atoms. The third-order valence-corrected chi connectivity index (χ3v) is 2.20. The molecule has 0 aromatic rings. The smallest absolute Gasteiger partial charge is 0.0668 e. The van der Waals surface area contributed by atoms with Crippen LogP contribution in [0.1, 0.15) is 38.5 Å². The largest absolute Gasteiger partial charge is 0.396 e. The Morgan fingerprint density at radius 1 is 1.00 bits per heavy atom. The molecular formula is C10H16N2O2. The van der Waals surface area contributed by atoms with Gasteiger partial charge in [0, 0.05) is 19.4 Å². The van der Waals surface area contributed by atoms with E-state index in [0.29, 0.717) is 25.7 Å². The molecule has 0 bridgehead atoms. The number of nitrogens with zero attached hydrogens (tertiary/aromatic N) is 2. The Hall–Kier alpha value is -1.10. The Morgan fingerprint density at radius 3 is 1.86 bits per heavy atom. The first-order valence-corrected chi connectivity index (χ1v) is 4.75. The summed E-state index contributed by atoms with van der Waals surface area (Å²) in [5, 5.41) is 35.4. The number of aliphatic hydroxyl groups is 2. The van der Waals surface area contributed by atoms with Crippen LogP contribution in [0.3, 0.4) is 0 Å². The predicted molar refractivity (Wildman–Crippen MR) is 51.0 cm³/mol. The Balaban J connectivity index is 4.05. The van der Waals surface area contributed by atoms with Crippen LogP contribution in [0.15, 0.2) is 0 Å². The minimum atomic E-state index is -0.950. The van der Waals surface area contributed by atoms with E-state index in [1.807, 2.05) is 12.1 Å². The van der Waals surface area contributed by atoms with Crippen LogP contribution in [0.2, 0.25) is 0 Å². The van der Waals surface area contributed by atoms with E-state index in [2.05, 4.69) is 0 Å². The summed E-state index contributed by atoms with van der Waals surface area (Å²) in [4.78, 5) is 0. The molecule has 0 saturated carbocycles. The molecule has 0 saturated heterocycles. The average molecular weight is 196 g/mol. The van der Waals surface area contributed by atoms with Gasteiger partial charge in [0.1, 0.15) is 0 Å². The zero-order valence-electron chi connectivity index (χ0n) is 8.24. The first-order valence-electron chi connectivity index (χ1n) is 4.75. The quantitative estimate of drug-likeness (QED) is 0.638. The number of hydrogen-bond acceptors (Lipinski definition) is 4. The molecule has 2 N–H and O–H groups in total. The van der Waals surface area contributed by atoms with Crippen LogP contribution < -0.4 is 0 Å². The van der Waals surface area contributed by atoms with Crippen LogP contribution in [0.5, 0.6) is 0 Å². The van der Waals surface area contributed by atoms with Crippen molar-refractivity contribution in [1.82, 2.24) is 0 Å². The summed E-state index contributed by atoms with van der Waals surface area (Å²) in [6.45, 7) is 0.0292. The molecule has 0 aliphatic heterocycles. The fourth-order valence-electron chi connectivity index (χ4n) is 1.36. The summed E-state index contributed by atoms with van der Waals surface area (Å²) in [5.74, 6) is 0. The Labute approximate surface area is 84.4 Å². The second-order valence-electron chi connectivity index (χ2n) is 3.37. The topological polar surface area (TPSA) is 88.0 Å². The van der Waals surface area contributed by atoms with Gasteiger partial charge in [-0.1, -0.05) is 0 Å². The fraction of sp³-hybridized carbons (Fsp3) is 0.800. The van der Waals surface area contributed by atoms with E-state index in [0.717, 1.165) is 0 Å². The van der Waals surface area contributed by atoms with Crippen molar-refractivity contribution in [2.24, 2.45) is 0 Å². The van der Waals surface area contributed by atoms with Crippen LogP contribution >= 0.6 is 0 Å². The predicted octanol–water partition coefficient (Wildman–Crippen LogP) is 1.10. The molecule has 4 nitrogen and oxygen atoms in total. The van der Waals surface area contributed by atoms with Crippen LogP contribution in [0, 0.1) is 22.7 Å². The number of nitriles is 2. The minimum absolute atomic E-state index is 0.0292. The van der Waals surface area contributed by atoms with Crippen molar-refractivity contribution in [3.8, 4) is 12.1 Å². The second-order valence-corrected chi connectivity index (χ2v) is 3.37. The fourth-order valence-corrected chi connectivity index (χ4v) is 1.36. The maximum absolute atomic E-state index is 9.99. The first kappa shape index (κ1) is 12.9. The highest BCUT2D eigenvalue weighted by atomic mass is 16.3. The molecule has 0 unspecified atom stereocenters. The maximum atomic E-state index is 9.99. The highest BCUT2D eigenvalue weighted by Gasteiger charge is 2.25. The molecule has 0 aliphatic rings. The highest BCUT2D eigenvalue weighted by molar-refractivity contribution is 4.86. The standard InChI is InChI=1S/C10H16N2O2/c11-7-1-4-10(14,5-2-8-12)6-3-9-13/h13-14H,1-6,9H2. The van der Waals surface area contributed by atoms with Crippen molar-refractivity contribution in [3.63, 3.8) is 0 Å². The van der Waals surface area contributed by atoms with Gasteiger partial charge in [0.05, 0.1) is 17.7 Å². The average Bonchev–Trinajstić information content (AvgIpc) is 2.21. The van der Waals surface area contributed by atoms with E-state index in [1.165, 1.54) is 0 Å². The van der Waals surface area contributed by atoms with Gasteiger partial charge in [0.25, 0.3) is 0 Å². The molecule has 0 aromatic carbocycles. The summed E-state index contributed by atoms with van der Waals surface area (Å²) < 4.78 is 0. The van der Waals surface area contributed by atoms with Gasteiger partial charge in [-0.15, -0.1) is 0 Å². The molecule has 0 amide bonds. The Bertz CT molecular complexity index is 209. The summed E-state index contributed by atoms with van der Waals surface area (Å²) in [6.07, 6.45) is 2.29. The van der Waals surface area contributed by atoms with Gasteiger partial charge in [0.2, 0.25) is 0 Å². The van der Waals surface area contributed by atoms with Crippen LogP contribution in [0.4, 0.5) is 0 Å². The monoisotopic (exact) mass is 196 g/mol. The van der Waals surface area contributed by atoms with E-state index in [-0.39, 0.29) is 19.4 Å². The number of hydrogen-bond donors (Lipinski definition) is 2. The summed E-state index contributed by atoms with van der Waals surface area (Å²) >= 11 is 0. The molecular weight excluding hydrogens is 180 g/mol. The first-order chi connectivity index (χ1) is 6.68. The van der Waals surface area contributed by atoms with E-state index < -0.39 is 5.60 Å². The van der Waals surface area contributed by atoms with Gasteiger partial charge in [-0.05, 0) is 25.7 Å². The van der Waals surface area contributed by atoms with Crippen molar-refractivity contribution in [2.45, 2.75) is 44.1 Å². The zero-order valence-corrected chi connectivity index (χ0v) is 8.24. The van der Waals surface area contributed by atoms with Gasteiger partial charge in [-0.3, -0.25) is 0 Å². The molecule has 0 rings (SSSR count). The lowest BCUT2D eigenvalue weighted by molar-refractivity contribution is 0.0110.